The van der Waals surface area contributed by atoms with E-state index < -0.39 is 0 Å². The summed E-state index contributed by atoms with van der Waals surface area (Å²) in [5.41, 5.74) is 9.04. The first kappa shape index (κ1) is 8.57. The van der Waals surface area contributed by atoms with Gasteiger partial charge in [-0.15, -0.1) is 0 Å². The molecule has 0 aromatic heterocycles. The first-order chi connectivity index (χ1) is 6.16. The summed E-state index contributed by atoms with van der Waals surface area (Å²) in [5, 5.41) is 0. The van der Waals surface area contributed by atoms with Crippen molar-refractivity contribution in [3.8, 4) is 0 Å². The Morgan fingerprint density at radius 3 is 2.46 bits per heavy atom. The van der Waals surface area contributed by atoms with Gasteiger partial charge in [0.25, 0.3) is 0 Å². The molecule has 1 saturated carbocycles. The molecule has 2 heteroatoms. The zero-order valence-corrected chi connectivity index (χ0v) is 8.13. The zero-order valence-electron chi connectivity index (χ0n) is 8.13. The Bertz CT molecular complexity index is 309. The van der Waals surface area contributed by atoms with Gasteiger partial charge in [-0.1, -0.05) is 6.07 Å². The van der Waals surface area contributed by atoms with E-state index in [1.807, 2.05) is 12.1 Å². The highest BCUT2D eigenvalue weighted by Crippen LogP contribution is 2.49. The molecule has 1 fully saturated rings. The molecular weight excluding hydrogens is 162 g/mol. The van der Waals surface area contributed by atoms with Crippen molar-refractivity contribution >= 4 is 5.69 Å². The summed E-state index contributed by atoms with van der Waals surface area (Å²) in [4.78, 5) is 0. The molecule has 2 N–H and O–H groups in total. The predicted octanol–water partition coefficient (Wildman–Crippen LogP) is 2.21. The third kappa shape index (κ3) is 1.42. The van der Waals surface area contributed by atoms with Crippen LogP contribution in [0.3, 0.4) is 0 Å². The Balaban J connectivity index is 2.40. The van der Waals surface area contributed by atoms with Crippen molar-refractivity contribution in [2.24, 2.45) is 0 Å². The highest BCUT2D eigenvalue weighted by molar-refractivity contribution is 5.47. The standard InChI is InChI=1S/C11H15NO/c1-8-5-9(7-10(12)6-8)11(13-2)3-4-11/h5-7H,3-4,12H2,1-2H3. The van der Waals surface area contributed by atoms with Crippen LogP contribution in [0, 0.1) is 6.92 Å². The van der Waals surface area contributed by atoms with Crippen molar-refractivity contribution < 1.29 is 4.74 Å². The fourth-order valence-corrected chi connectivity index (χ4v) is 1.80. The van der Waals surface area contributed by atoms with Crippen molar-refractivity contribution in [3.63, 3.8) is 0 Å². The molecule has 0 amide bonds. The first-order valence-electron chi connectivity index (χ1n) is 4.59. The van der Waals surface area contributed by atoms with E-state index in [0.29, 0.717) is 0 Å². The highest BCUT2D eigenvalue weighted by atomic mass is 16.5. The number of hydrogen-bond donors (Lipinski definition) is 1. The normalized spacial score (nSPS) is 18.6. The summed E-state index contributed by atoms with van der Waals surface area (Å²) in [7, 11) is 1.77. The van der Waals surface area contributed by atoms with Gasteiger partial charge in [-0.05, 0) is 43.0 Å². The molecule has 0 saturated heterocycles. The van der Waals surface area contributed by atoms with Gasteiger partial charge in [0.2, 0.25) is 0 Å². The molecule has 2 nitrogen and oxygen atoms in total. The van der Waals surface area contributed by atoms with Gasteiger partial charge in [-0.2, -0.15) is 0 Å². The van der Waals surface area contributed by atoms with Gasteiger partial charge in [0, 0.05) is 12.8 Å². The lowest BCUT2D eigenvalue weighted by atomic mass is 10.0. The minimum absolute atomic E-state index is 0.0137. The van der Waals surface area contributed by atoms with Crippen LogP contribution in [0.15, 0.2) is 18.2 Å². The Labute approximate surface area is 78.7 Å². The maximum absolute atomic E-state index is 5.78. The third-order valence-corrected chi connectivity index (χ3v) is 2.72. The largest absolute Gasteiger partial charge is 0.399 e. The molecule has 0 aliphatic heterocycles. The Kier molecular flexibility index (Phi) is 1.81. The summed E-state index contributed by atoms with van der Waals surface area (Å²) >= 11 is 0. The number of hydrogen-bond acceptors (Lipinski definition) is 2. The van der Waals surface area contributed by atoms with Crippen LogP contribution in [-0.2, 0) is 10.3 Å². The summed E-state index contributed by atoms with van der Waals surface area (Å²) in [5.74, 6) is 0. The van der Waals surface area contributed by atoms with Crippen LogP contribution in [0.1, 0.15) is 24.0 Å². The van der Waals surface area contributed by atoms with E-state index in [1.54, 1.807) is 7.11 Å². The van der Waals surface area contributed by atoms with Crippen LogP contribution >= 0.6 is 0 Å². The van der Waals surface area contributed by atoms with Crippen molar-refractivity contribution in [2.75, 3.05) is 12.8 Å². The second kappa shape index (κ2) is 2.74. The minimum atomic E-state index is -0.0137. The average molecular weight is 177 g/mol. The molecule has 70 valence electrons. The lowest BCUT2D eigenvalue weighted by Gasteiger charge is -2.14. The maximum Gasteiger partial charge on any atom is 0.0930 e. The molecular formula is C11H15NO. The number of nitrogens with two attached hydrogens (primary N) is 1. The van der Waals surface area contributed by atoms with E-state index in [0.717, 1.165) is 18.5 Å². The summed E-state index contributed by atoms with van der Waals surface area (Å²) in [6, 6.07) is 6.16. The number of aryl methyl sites for hydroxylation is 1. The molecule has 13 heavy (non-hydrogen) atoms. The molecule has 1 aliphatic rings. The molecule has 1 aromatic carbocycles. The van der Waals surface area contributed by atoms with Crippen molar-refractivity contribution in [1.29, 1.82) is 0 Å². The molecule has 1 aliphatic carbocycles. The van der Waals surface area contributed by atoms with E-state index in [9.17, 15) is 0 Å². The lowest BCUT2D eigenvalue weighted by Crippen LogP contribution is -2.09. The Hall–Kier alpha value is -1.02. The first-order valence-corrected chi connectivity index (χ1v) is 4.59. The van der Waals surface area contributed by atoms with Crippen LogP contribution < -0.4 is 5.73 Å². The van der Waals surface area contributed by atoms with E-state index in [1.165, 1.54) is 11.1 Å². The number of anilines is 1. The molecule has 0 heterocycles. The smallest absolute Gasteiger partial charge is 0.0930 e. The quantitative estimate of drug-likeness (QED) is 0.703. The molecule has 1 aromatic rings. The molecule has 0 bridgehead atoms. The molecule has 2 rings (SSSR count). The summed E-state index contributed by atoms with van der Waals surface area (Å²) in [6.45, 7) is 2.06. The Morgan fingerprint density at radius 2 is 2.00 bits per heavy atom. The lowest BCUT2D eigenvalue weighted by molar-refractivity contribution is 0.0789. The second-order valence-electron chi connectivity index (χ2n) is 3.83. The van der Waals surface area contributed by atoms with Gasteiger partial charge >= 0.3 is 0 Å². The van der Waals surface area contributed by atoms with Crippen LogP contribution in [0.5, 0.6) is 0 Å². The monoisotopic (exact) mass is 177 g/mol. The van der Waals surface area contributed by atoms with Gasteiger partial charge in [-0.3, -0.25) is 0 Å². The SMILES string of the molecule is COC1(c2cc(C)cc(N)c2)CC1. The van der Waals surface area contributed by atoms with Crippen molar-refractivity contribution in [2.45, 2.75) is 25.4 Å². The molecule has 0 spiro atoms. The third-order valence-electron chi connectivity index (χ3n) is 2.72. The van der Waals surface area contributed by atoms with Crippen molar-refractivity contribution in [1.82, 2.24) is 0 Å². The zero-order chi connectivity index (χ0) is 9.47. The maximum atomic E-state index is 5.78. The summed E-state index contributed by atoms with van der Waals surface area (Å²) < 4.78 is 5.49. The minimum Gasteiger partial charge on any atom is -0.399 e. The fourth-order valence-electron chi connectivity index (χ4n) is 1.80. The van der Waals surface area contributed by atoms with Crippen LogP contribution in [0.4, 0.5) is 5.69 Å². The van der Waals surface area contributed by atoms with Crippen molar-refractivity contribution in [3.05, 3.63) is 29.3 Å². The number of nitrogen functional groups attached to an aromatic ring is 1. The number of methoxy groups -OCH3 is 1. The number of ether oxygens (including phenoxy) is 1. The van der Waals surface area contributed by atoms with Crippen LogP contribution in [0.25, 0.3) is 0 Å². The predicted molar refractivity (Wildman–Crippen MR) is 53.5 cm³/mol. The molecule has 0 atom stereocenters. The number of benzene rings is 1. The Morgan fingerprint density at radius 1 is 1.31 bits per heavy atom. The van der Waals surface area contributed by atoms with Crippen LogP contribution in [0.2, 0.25) is 0 Å². The highest BCUT2D eigenvalue weighted by Gasteiger charge is 2.44. The van der Waals surface area contributed by atoms with E-state index in [4.69, 9.17) is 10.5 Å². The fraction of sp³-hybridized carbons (Fsp3) is 0.455. The van der Waals surface area contributed by atoms with Gasteiger partial charge in [-0.25, -0.2) is 0 Å². The van der Waals surface area contributed by atoms with E-state index in [2.05, 4.69) is 13.0 Å². The second-order valence-corrected chi connectivity index (χ2v) is 3.83. The summed E-state index contributed by atoms with van der Waals surface area (Å²) in [6.07, 6.45) is 2.23. The van der Waals surface area contributed by atoms with Gasteiger partial charge < -0.3 is 10.5 Å². The van der Waals surface area contributed by atoms with Gasteiger partial charge in [0.1, 0.15) is 0 Å². The number of rotatable bonds is 2. The van der Waals surface area contributed by atoms with E-state index >= 15 is 0 Å². The topological polar surface area (TPSA) is 35.2 Å². The van der Waals surface area contributed by atoms with Gasteiger partial charge in [0.05, 0.1) is 5.60 Å². The average Bonchev–Trinajstić information content (AvgIpc) is 2.82. The molecule has 0 radical (unpaired) electrons. The van der Waals surface area contributed by atoms with Gasteiger partial charge in [0.15, 0.2) is 0 Å². The van der Waals surface area contributed by atoms with Crippen LogP contribution in [-0.4, -0.2) is 7.11 Å². The van der Waals surface area contributed by atoms with E-state index in [-0.39, 0.29) is 5.60 Å². The molecule has 0 unspecified atom stereocenters.